The van der Waals surface area contributed by atoms with Crippen LogP contribution in [0.1, 0.15) is 12.8 Å². The van der Waals surface area contributed by atoms with Gasteiger partial charge in [-0.2, -0.15) is 13.2 Å². The van der Waals surface area contributed by atoms with Crippen molar-refractivity contribution in [2.75, 3.05) is 6.54 Å². The van der Waals surface area contributed by atoms with Crippen LogP contribution in [0.15, 0.2) is 0 Å². The number of halogens is 3. The van der Waals surface area contributed by atoms with E-state index in [0.29, 0.717) is 19.4 Å². The van der Waals surface area contributed by atoms with Gasteiger partial charge >= 0.3 is 18.1 Å². The molecule has 1 N–H and O–H groups in total. The molecule has 0 spiro atoms. The van der Waals surface area contributed by atoms with Crippen molar-refractivity contribution in [1.29, 1.82) is 0 Å². The van der Waals surface area contributed by atoms with Crippen LogP contribution in [0.4, 0.5) is 13.2 Å². The summed E-state index contributed by atoms with van der Waals surface area (Å²) in [6.07, 6.45) is -4.04. The molecule has 0 bridgehead atoms. The summed E-state index contributed by atoms with van der Waals surface area (Å²) in [6, 6.07) is -0.790. The fourth-order valence-electron chi connectivity index (χ4n) is 1.11. The summed E-state index contributed by atoms with van der Waals surface area (Å²) in [7, 11) is 0. The maximum Gasteiger partial charge on any atom is 0.491 e. The first-order valence-electron chi connectivity index (χ1n) is 3.97. The zero-order valence-corrected chi connectivity index (χ0v) is 7.06. The average Bonchev–Trinajstić information content (AvgIpc) is 2.53. The van der Waals surface area contributed by atoms with E-state index in [1.807, 2.05) is 0 Å². The summed E-state index contributed by atoms with van der Waals surface area (Å²) in [5.74, 6) is -3.62. The molecule has 1 aliphatic rings. The topological polar surface area (TPSA) is 55.4 Å². The van der Waals surface area contributed by atoms with Gasteiger partial charge in [-0.3, -0.25) is 0 Å². The number of ether oxygens (including phenoxy) is 1. The van der Waals surface area contributed by atoms with Crippen LogP contribution < -0.4 is 5.32 Å². The Morgan fingerprint density at radius 2 is 2.00 bits per heavy atom. The minimum atomic E-state index is -5.12. The maximum atomic E-state index is 11.6. The minimum Gasteiger partial charge on any atom is -0.385 e. The predicted octanol–water partition coefficient (Wildman–Crippen LogP) is 0.370. The normalized spacial score (nSPS) is 22.1. The van der Waals surface area contributed by atoms with Crippen molar-refractivity contribution >= 4 is 11.9 Å². The molecule has 0 unspecified atom stereocenters. The summed E-state index contributed by atoms with van der Waals surface area (Å²) >= 11 is 0. The molecule has 80 valence electrons. The van der Waals surface area contributed by atoms with Gasteiger partial charge in [-0.25, -0.2) is 9.59 Å². The summed E-state index contributed by atoms with van der Waals surface area (Å²) < 4.78 is 38.6. The lowest BCUT2D eigenvalue weighted by Gasteiger charge is -2.09. The summed E-state index contributed by atoms with van der Waals surface area (Å²) in [5.41, 5.74) is 0. The van der Waals surface area contributed by atoms with Crippen molar-refractivity contribution < 1.29 is 27.5 Å². The molecule has 1 fully saturated rings. The Labute approximate surface area is 77.4 Å². The van der Waals surface area contributed by atoms with Crippen LogP contribution in [0.5, 0.6) is 0 Å². The highest BCUT2D eigenvalue weighted by Crippen LogP contribution is 2.17. The van der Waals surface area contributed by atoms with Crippen LogP contribution in [-0.2, 0) is 14.3 Å². The minimum absolute atomic E-state index is 0.393. The summed E-state index contributed by atoms with van der Waals surface area (Å²) in [4.78, 5) is 21.1. The van der Waals surface area contributed by atoms with E-state index in [0.717, 1.165) is 0 Å². The van der Waals surface area contributed by atoms with Gasteiger partial charge in [0.1, 0.15) is 6.04 Å². The molecule has 14 heavy (non-hydrogen) atoms. The van der Waals surface area contributed by atoms with Gasteiger partial charge < -0.3 is 10.1 Å². The van der Waals surface area contributed by atoms with Gasteiger partial charge in [0.15, 0.2) is 0 Å². The second-order valence-electron chi connectivity index (χ2n) is 2.86. The van der Waals surface area contributed by atoms with Gasteiger partial charge in [-0.1, -0.05) is 0 Å². The van der Waals surface area contributed by atoms with Gasteiger partial charge in [-0.05, 0) is 19.4 Å². The Balaban J connectivity index is 2.44. The van der Waals surface area contributed by atoms with E-state index in [9.17, 15) is 22.8 Å². The van der Waals surface area contributed by atoms with Crippen molar-refractivity contribution in [3.05, 3.63) is 0 Å². The second-order valence-corrected chi connectivity index (χ2v) is 2.86. The molecule has 0 aromatic carbocycles. The molecule has 1 aliphatic heterocycles. The molecule has 7 heteroatoms. The van der Waals surface area contributed by atoms with Crippen LogP contribution in [-0.4, -0.2) is 30.7 Å². The Morgan fingerprint density at radius 3 is 2.43 bits per heavy atom. The maximum absolute atomic E-state index is 11.6. The number of carbonyl (C=O) groups excluding carboxylic acids is 2. The second kappa shape index (κ2) is 3.95. The van der Waals surface area contributed by atoms with Crippen LogP contribution >= 0.6 is 0 Å². The molecular formula is C7H8F3NO3. The Bertz CT molecular complexity index is 245. The number of hydrogen-bond donors (Lipinski definition) is 1. The summed E-state index contributed by atoms with van der Waals surface area (Å²) in [6.45, 7) is 0.542. The van der Waals surface area contributed by atoms with Gasteiger partial charge in [0.05, 0.1) is 0 Å². The zero-order chi connectivity index (χ0) is 10.8. The van der Waals surface area contributed by atoms with Crippen molar-refractivity contribution in [3.8, 4) is 0 Å². The standard InChI is InChI=1S/C7H8F3NO3/c8-7(9,10)6(13)14-5(12)4-2-1-3-11-4/h4,11H,1-3H2/t4-/m0/s1. The van der Waals surface area contributed by atoms with E-state index in [1.54, 1.807) is 0 Å². The van der Waals surface area contributed by atoms with E-state index in [1.165, 1.54) is 0 Å². The molecule has 0 aromatic heterocycles. The smallest absolute Gasteiger partial charge is 0.385 e. The van der Waals surface area contributed by atoms with E-state index < -0.39 is 24.2 Å². The molecule has 1 heterocycles. The van der Waals surface area contributed by atoms with Gasteiger partial charge in [0, 0.05) is 0 Å². The van der Waals surface area contributed by atoms with Crippen LogP contribution in [0, 0.1) is 0 Å². The number of hydrogen-bond acceptors (Lipinski definition) is 4. The van der Waals surface area contributed by atoms with E-state index in [2.05, 4.69) is 10.1 Å². The monoisotopic (exact) mass is 211 g/mol. The lowest BCUT2D eigenvalue weighted by atomic mass is 10.2. The van der Waals surface area contributed by atoms with Crippen LogP contribution in [0.25, 0.3) is 0 Å². The highest BCUT2D eigenvalue weighted by Gasteiger charge is 2.43. The largest absolute Gasteiger partial charge is 0.491 e. The SMILES string of the molecule is O=C(OC(=O)C(F)(F)F)[C@@H]1CCCN1. The number of esters is 2. The molecule has 0 aromatic rings. The van der Waals surface area contributed by atoms with Gasteiger partial charge in [0.25, 0.3) is 0 Å². The predicted molar refractivity (Wildman–Crippen MR) is 38.2 cm³/mol. The molecule has 0 amide bonds. The zero-order valence-electron chi connectivity index (χ0n) is 7.06. The average molecular weight is 211 g/mol. The first kappa shape index (κ1) is 11.0. The molecule has 0 saturated carbocycles. The molecule has 1 rings (SSSR count). The third kappa shape index (κ3) is 2.69. The van der Waals surface area contributed by atoms with Crippen LogP contribution in [0.2, 0.25) is 0 Å². The van der Waals surface area contributed by atoms with E-state index >= 15 is 0 Å². The van der Waals surface area contributed by atoms with Crippen molar-refractivity contribution in [2.45, 2.75) is 25.1 Å². The van der Waals surface area contributed by atoms with Crippen molar-refractivity contribution in [2.24, 2.45) is 0 Å². The van der Waals surface area contributed by atoms with Gasteiger partial charge in [0.2, 0.25) is 0 Å². The highest BCUT2D eigenvalue weighted by molar-refractivity contribution is 5.91. The number of rotatable bonds is 1. The third-order valence-corrected chi connectivity index (χ3v) is 1.77. The molecule has 0 aliphatic carbocycles. The lowest BCUT2D eigenvalue weighted by molar-refractivity contribution is -0.202. The first-order chi connectivity index (χ1) is 6.41. The number of carbonyl (C=O) groups is 2. The van der Waals surface area contributed by atoms with E-state index in [4.69, 9.17) is 0 Å². The quantitative estimate of drug-likeness (QED) is 0.503. The van der Waals surface area contributed by atoms with Gasteiger partial charge in [-0.15, -0.1) is 0 Å². The Morgan fingerprint density at radius 1 is 1.36 bits per heavy atom. The molecule has 4 nitrogen and oxygen atoms in total. The third-order valence-electron chi connectivity index (χ3n) is 1.77. The molecule has 0 radical (unpaired) electrons. The van der Waals surface area contributed by atoms with E-state index in [-0.39, 0.29) is 0 Å². The van der Waals surface area contributed by atoms with Crippen molar-refractivity contribution in [1.82, 2.24) is 5.32 Å². The molecular weight excluding hydrogens is 203 g/mol. The lowest BCUT2D eigenvalue weighted by Crippen LogP contribution is -2.37. The Kier molecular flexibility index (Phi) is 3.10. The number of nitrogens with one attached hydrogen (secondary N) is 1. The fraction of sp³-hybridized carbons (Fsp3) is 0.714. The molecule has 1 atom stereocenters. The summed E-state index contributed by atoms with van der Waals surface area (Å²) in [5, 5.41) is 2.62. The highest BCUT2D eigenvalue weighted by atomic mass is 19.4. The number of alkyl halides is 3. The fourth-order valence-corrected chi connectivity index (χ4v) is 1.11. The van der Waals surface area contributed by atoms with Crippen molar-refractivity contribution in [3.63, 3.8) is 0 Å². The molecule has 1 saturated heterocycles. The van der Waals surface area contributed by atoms with Crippen LogP contribution in [0.3, 0.4) is 0 Å². The first-order valence-corrected chi connectivity index (χ1v) is 3.97. The Hall–Kier alpha value is -1.11.